The zero-order valence-corrected chi connectivity index (χ0v) is 16.3. The fourth-order valence-electron chi connectivity index (χ4n) is 1.14. The average Bonchev–Trinajstić information content (AvgIpc) is 2.47. The zero-order valence-electron chi connectivity index (χ0n) is 13.6. The van der Waals surface area contributed by atoms with Crippen molar-refractivity contribution in [3.05, 3.63) is 0 Å². The first-order valence-electron chi connectivity index (χ1n) is 6.94. The molecule has 0 spiro atoms. The Balaban J connectivity index is 3.83. The van der Waals surface area contributed by atoms with Crippen LogP contribution in [0.3, 0.4) is 0 Å². The zero-order chi connectivity index (χ0) is 19.4. The van der Waals surface area contributed by atoms with E-state index in [0.717, 1.165) is 6.66 Å². The van der Waals surface area contributed by atoms with Gasteiger partial charge in [-0.05, 0) is 0 Å². The molecule has 5 N–H and O–H groups in total. The van der Waals surface area contributed by atoms with Crippen molar-refractivity contribution in [1.82, 2.24) is 0 Å². The SMILES string of the molecule is CP(=O)(O)OCCOP(=O)(O)OCCOP(=O)(O)OCCOCCN. The van der Waals surface area contributed by atoms with Gasteiger partial charge in [-0.25, -0.2) is 9.13 Å². The second-order valence-electron chi connectivity index (χ2n) is 4.31. The normalized spacial score (nSPS) is 19.1. The van der Waals surface area contributed by atoms with E-state index in [4.69, 9.17) is 15.4 Å². The largest absolute Gasteiger partial charge is 0.472 e. The molecule has 152 valence electrons. The van der Waals surface area contributed by atoms with E-state index in [2.05, 4.69) is 22.6 Å². The fourth-order valence-corrected chi connectivity index (χ4v) is 2.92. The Bertz CT molecular complexity index is 496. The van der Waals surface area contributed by atoms with Crippen molar-refractivity contribution in [3.63, 3.8) is 0 Å². The molecule has 0 aliphatic heterocycles. The maximum Gasteiger partial charge on any atom is 0.472 e. The number of rotatable bonds is 16. The van der Waals surface area contributed by atoms with Gasteiger partial charge in [0, 0.05) is 13.2 Å². The van der Waals surface area contributed by atoms with Crippen LogP contribution >= 0.6 is 23.2 Å². The van der Waals surface area contributed by atoms with Crippen molar-refractivity contribution in [3.8, 4) is 0 Å². The van der Waals surface area contributed by atoms with Crippen molar-refractivity contribution in [1.29, 1.82) is 0 Å². The van der Waals surface area contributed by atoms with Crippen LogP contribution in [-0.2, 0) is 41.1 Å². The molecule has 0 fully saturated rings. The molecule has 13 nitrogen and oxygen atoms in total. The van der Waals surface area contributed by atoms with Crippen LogP contribution in [0.5, 0.6) is 0 Å². The summed E-state index contributed by atoms with van der Waals surface area (Å²) in [5.74, 6) is 0. The van der Waals surface area contributed by atoms with Gasteiger partial charge in [-0.2, -0.15) is 0 Å². The molecule has 0 saturated carbocycles. The number of phosphoric acid groups is 2. The summed E-state index contributed by atoms with van der Waals surface area (Å²) in [5, 5.41) is 0. The number of nitrogens with two attached hydrogens (primary N) is 1. The summed E-state index contributed by atoms with van der Waals surface area (Å²) in [5.41, 5.74) is 5.18. The highest BCUT2D eigenvalue weighted by molar-refractivity contribution is 7.51. The molecule has 0 bridgehead atoms. The first-order chi connectivity index (χ1) is 11.5. The van der Waals surface area contributed by atoms with Gasteiger partial charge in [0.25, 0.3) is 0 Å². The van der Waals surface area contributed by atoms with Crippen LogP contribution in [0.4, 0.5) is 0 Å². The highest BCUT2D eigenvalue weighted by Crippen LogP contribution is 2.45. The van der Waals surface area contributed by atoms with Gasteiger partial charge in [0.15, 0.2) is 0 Å². The predicted octanol–water partition coefficient (Wildman–Crippen LogP) is 0.0607. The van der Waals surface area contributed by atoms with Crippen molar-refractivity contribution < 1.29 is 55.7 Å². The van der Waals surface area contributed by atoms with Gasteiger partial charge in [0.2, 0.25) is 0 Å². The first-order valence-corrected chi connectivity index (χ1v) is 12.0. The number of hydrogen-bond donors (Lipinski definition) is 4. The molecule has 0 heterocycles. The molecule has 3 atom stereocenters. The highest BCUT2D eigenvalue weighted by Gasteiger charge is 2.24. The molecule has 0 aliphatic rings. The molecule has 0 aromatic rings. The van der Waals surface area contributed by atoms with Crippen LogP contribution in [-0.4, -0.2) is 74.1 Å². The van der Waals surface area contributed by atoms with Gasteiger partial charge in [-0.1, -0.05) is 0 Å². The van der Waals surface area contributed by atoms with E-state index in [1.54, 1.807) is 0 Å². The van der Waals surface area contributed by atoms with E-state index in [9.17, 15) is 23.5 Å². The maximum atomic E-state index is 11.4. The van der Waals surface area contributed by atoms with Gasteiger partial charge in [0.1, 0.15) is 0 Å². The summed E-state index contributed by atoms with van der Waals surface area (Å²) in [6.45, 7) is -0.584. The summed E-state index contributed by atoms with van der Waals surface area (Å²) in [4.78, 5) is 27.4. The lowest BCUT2D eigenvalue weighted by Crippen LogP contribution is -2.12. The molecule has 0 aromatic carbocycles. The first kappa shape index (κ1) is 25.3. The maximum absolute atomic E-state index is 11.4. The van der Waals surface area contributed by atoms with E-state index in [1.165, 1.54) is 0 Å². The number of ether oxygens (including phenoxy) is 1. The minimum Gasteiger partial charge on any atom is -0.378 e. The molecule has 0 rings (SSSR count). The monoisotopic (exact) mass is 431 g/mol. The van der Waals surface area contributed by atoms with Crippen LogP contribution in [0.25, 0.3) is 0 Å². The van der Waals surface area contributed by atoms with Crippen LogP contribution in [0.2, 0.25) is 0 Å². The quantitative estimate of drug-likeness (QED) is 0.189. The lowest BCUT2D eigenvalue weighted by Gasteiger charge is -2.14. The summed E-state index contributed by atoms with van der Waals surface area (Å²) in [6.07, 6.45) is 0. The third-order valence-electron chi connectivity index (χ3n) is 2.01. The van der Waals surface area contributed by atoms with E-state index in [-0.39, 0.29) is 19.8 Å². The van der Waals surface area contributed by atoms with Crippen molar-refractivity contribution >= 4 is 23.2 Å². The Labute approximate surface area is 145 Å². The van der Waals surface area contributed by atoms with Gasteiger partial charge in [-0.15, -0.1) is 0 Å². The fraction of sp³-hybridized carbons (Fsp3) is 1.00. The predicted molar refractivity (Wildman–Crippen MR) is 85.0 cm³/mol. The second-order valence-corrected chi connectivity index (χ2v) is 9.08. The van der Waals surface area contributed by atoms with Crippen LogP contribution in [0.15, 0.2) is 0 Å². The molecule has 0 saturated heterocycles. The lowest BCUT2D eigenvalue weighted by atomic mass is 10.7. The summed E-state index contributed by atoms with van der Waals surface area (Å²) in [7, 11) is -12.5. The Hall–Kier alpha value is 0.290. The minimum absolute atomic E-state index is 0.0435. The van der Waals surface area contributed by atoms with Gasteiger partial charge in [-0.3, -0.25) is 22.7 Å². The Morgan fingerprint density at radius 1 is 0.680 bits per heavy atom. The van der Waals surface area contributed by atoms with E-state index >= 15 is 0 Å². The molecule has 16 heteroatoms. The molecular formula is C9H24NO12P3. The summed E-state index contributed by atoms with van der Waals surface area (Å²) >= 11 is 0. The lowest BCUT2D eigenvalue weighted by molar-refractivity contribution is 0.0702. The number of phosphoric ester groups is 2. The van der Waals surface area contributed by atoms with Crippen molar-refractivity contribution in [2.24, 2.45) is 5.73 Å². The van der Waals surface area contributed by atoms with E-state index in [0.29, 0.717) is 6.54 Å². The van der Waals surface area contributed by atoms with Crippen molar-refractivity contribution in [2.45, 2.75) is 0 Å². The minimum atomic E-state index is -4.47. The molecule has 0 radical (unpaired) electrons. The van der Waals surface area contributed by atoms with E-state index in [1.807, 2.05) is 0 Å². The third kappa shape index (κ3) is 17.5. The summed E-state index contributed by atoms with van der Waals surface area (Å²) in [6, 6.07) is 0. The molecule has 25 heavy (non-hydrogen) atoms. The van der Waals surface area contributed by atoms with Crippen LogP contribution in [0, 0.1) is 0 Å². The van der Waals surface area contributed by atoms with E-state index < -0.39 is 49.7 Å². The number of hydrogen-bond acceptors (Lipinski definition) is 10. The molecule has 0 aromatic heterocycles. The molecule has 3 unspecified atom stereocenters. The standard InChI is InChI=1S/C9H24NO12P3/c1-23(11,12)18-6-7-20-25(15,16)22-9-8-21-24(13,14)19-5-4-17-3-2-10/h2-10H2,1H3,(H,11,12)(H,13,14)(H,15,16). The van der Waals surface area contributed by atoms with Crippen LogP contribution < -0.4 is 5.73 Å². The Morgan fingerprint density at radius 2 is 1.04 bits per heavy atom. The third-order valence-corrected chi connectivity index (χ3v) is 4.70. The Morgan fingerprint density at radius 3 is 1.40 bits per heavy atom. The highest BCUT2D eigenvalue weighted by atomic mass is 31.2. The van der Waals surface area contributed by atoms with Gasteiger partial charge >= 0.3 is 23.2 Å². The van der Waals surface area contributed by atoms with Gasteiger partial charge < -0.3 is 29.7 Å². The van der Waals surface area contributed by atoms with Crippen molar-refractivity contribution in [2.75, 3.05) is 59.5 Å². The smallest absolute Gasteiger partial charge is 0.378 e. The molecule has 0 amide bonds. The summed E-state index contributed by atoms with van der Waals surface area (Å²) < 4.78 is 61.0. The van der Waals surface area contributed by atoms with Gasteiger partial charge in [0.05, 0.1) is 46.2 Å². The average molecular weight is 431 g/mol. The Kier molecular flexibility index (Phi) is 12.8. The molecule has 0 aliphatic carbocycles. The topological polar surface area (TPSA) is 193 Å². The second kappa shape index (κ2) is 12.6. The van der Waals surface area contributed by atoms with Crippen LogP contribution in [0.1, 0.15) is 0 Å². The molecular weight excluding hydrogens is 407 g/mol.